The number of rotatable bonds is 6. The van der Waals surface area contributed by atoms with Crippen molar-refractivity contribution in [3.05, 3.63) is 93.9 Å². The fourth-order valence-electron chi connectivity index (χ4n) is 5.26. The second-order valence-corrected chi connectivity index (χ2v) is 10.1. The highest BCUT2D eigenvalue weighted by Crippen LogP contribution is 2.26. The zero-order valence-electron chi connectivity index (χ0n) is 22.3. The van der Waals surface area contributed by atoms with Crippen molar-refractivity contribution in [1.29, 1.82) is 0 Å². The Bertz CT molecular complexity index is 1960. The predicted molar refractivity (Wildman–Crippen MR) is 158 cm³/mol. The molecule has 12 nitrogen and oxygen atoms in total. The summed E-state index contributed by atoms with van der Waals surface area (Å²) in [7, 11) is 2.14. The van der Waals surface area contributed by atoms with E-state index in [4.69, 9.17) is 4.98 Å². The SMILES string of the molecule is CN1CCN(c2ccc(Nc3ncc4c(=O)n5c(nc4n3)c3ccc(CN=O)cc3n5-c3ccccn3)cc2)CC1. The molecule has 41 heavy (non-hydrogen) atoms. The highest BCUT2D eigenvalue weighted by molar-refractivity contribution is 5.96. The van der Waals surface area contributed by atoms with Crippen molar-refractivity contribution < 1.29 is 0 Å². The van der Waals surface area contributed by atoms with Crippen LogP contribution in [0.5, 0.6) is 0 Å². The summed E-state index contributed by atoms with van der Waals surface area (Å²) in [6.45, 7) is 4.10. The van der Waals surface area contributed by atoms with Crippen LogP contribution >= 0.6 is 0 Å². The Morgan fingerprint density at radius 1 is 0.927 bits per heavy atom. The molecule has 1 saturated heterocycles. The van der Waals surface area contributed by atoms with E-state index >= 15 is 0 Å². The van der Waals surface area contributed by atoms with Crippen LogP contribution in [-0.2, 0) is 6.54 Å². The summed E-state index contributed by atoms with van der Waals surface area (Å²) in [5.74, 6) is 0.875. The van der Waals surface area contributed by atoms with Gasteiger partial charge >= 0.3 is 0 Å². The molecule has 0 spiro atoms. The van der Waals surface area contributed by atoms with Crippen molar-refractivity contribution in [3.8, 4) is 5.82 Å². The van der Waals surface area contributed by atoms with Gasteiger partial charge in [-0.15, -0.1) is 0 Å². The smallest absolute Gasteiger partial charge is 0.284 e. The van der Waals surface area contributed by atoms with Crippen LogP contribution in [0, 0.1) is 4.91 Å². The molecule has 0 atom stereocenters. The van der Waals surface area contributed by atoms with Gasteiger partial charge in [-0.3, -0.25) is 4.79 Å². The molecule has 0 bridgehead atoms. The largest absolute Gasteiger partial charge is 0.369 e. The van der Waals surface area contributed by atoms with Crippen LogP contribution in [0.4, 0.5) is 17.3 Å². The Morgan fingerprint density at radius 2 is 1.76 bits per heavy atom. The Balaban J connectivity index is 1.30. The number of piperazine rings is 1. The average Bonchev–Trinajstić information content (AvgIpc) is 3.32. The quantitative estimate of drug-likeness (QED) is 0.311. The summed E-state index contributed by atoms with van der Waals surface area (Å²) < 4.78 is 3.17. The first kappa shape index (κ1) is 24.8. The van der Waals surface area contributed by atoms with E-state index in [1.165, 1.54) is 16.4 Å². The van der Waals surface area contributed by atoms with Crippen molar-refractivity contribution in [2.24, 2.45) is 5.18 Å². The molecule has 7 rings (SSSR count). The zero-order chi connectivity index (χ0) is 27.9. The molecule has 0 radical (unpaired) electrons. The summed E-state index contributed by atoms with van der Waals surface area (Å²) in [4.78, 5) is 47.8. The Hall–Kier alpha value is -5.23. The normalized spacial score (nSPS) is 14.2. The van der Waals surface area contributed by atoms with Crippen molar-refractivity contribution in [2.75, 3.05) is 43.4 Å². The number of nitrogens with one attached hydrogen (secondary N) is 1. The van der Waals surface area contributed by atoms with Crippen LogP contribution in [-0.4, -0.2) is 67.3 Å². The molecule has 0 unspecified atom stereocenters. The molecule has 4 aromatic heterocycles. The van der Waals surface area contributed by atoms with Gasteiger partial charge in [0.05, 0.1) is 5.52 Å². The minimum absolute atomic E-state index is 0.0147. The number of anilines is 3. The van der Waals surface area contributed by atoms with E-state index in [-0.39, 0.29) is 23.1 Å². The molecule has 5 heterocycles. The molecule has 204 valence electrons. The molecule has 1 aliphatic rings. The molecule has 1 aliphatic heterocycles. The fourth-order valence-corrected chi connectivity index (χ4v) is 5.26. The number of pyridine rings is 1. The number of nitroso groups, excluding NO2 is 1. The Kier molecular flexibility index (Phi) is 6.08. The second kappa shape index (κ2) is 10.1. The standard InChI is InChI=1S/C29H26N10O2/c1-36-12-14-37(15-13-36)21-8-6-20(7-9-21)33-29-31-18-23-26(35-29)34-27-22-10-5-19(17-32-41)16-24(22)38(39(27)28(23)40)25-4-2-3-11-30-25/h2-11,16,18H,12-15,17H2,1H3,(H,31,33,35). The first-order valence-corrected chi connectivity index (χ1v) is 13.3. The zero-order valence-corrected chi connectivity index (χ0v) is 22.3. The van der Waals surface area contributed by atoms with Gasteiger partial charge in [-0.25, -0.2) is 19.6 Å². The van der Waals surface area contributed by atoms with E-state index in [1.807, 2.05) is 36.4 Å². The molecule has 1 fully saturated rings. The molecule has 6 aromatic rings. The van der Waals surface area contributed by atoms with Gasteiger partial charge in [-0.1, -0.05) is 17.3 Å². The first-order chi connectivity index (χ1) is 20.1. The minimum Gasteiger partial charge on any atom is -0.369 e. The molecular weight excluding hydrogens is 520 g/mol. The number of likely N-dealkylation sites (N-methyl/N-ethyl adjacent to an activating group) is 1. The van der Waals surface area contributed by atoms with Crippen LogP contribution in [0.15, 0.2) is 83.0 Å². The van der Waals surface area contributed by atoms with Crippen molar-refractivity contribution in [1.82, 2.24) is 34.0 Å². The highest BCUT2D eigenvalue weighted by Gasteiger charge is 2.20. The summed E-state index contributed by atoms with van der Waals surface area (Å²) in [6, 6.07) is 19.1. The van der Waals surface area contributed by atoms with Crippen LogP contribution in [0.25, 0.3) is 33.4 Å². The molecule has 12 heteroatoms. The maximum absolute atomic E-state index is 13.8. The fraction of sp³-hybridized carbons (Fsp3) is 0.207. The first-order valence-electron chi connectivity index (χ1n) is 13.3. The lowest BCUT2D eigenvalue weighted by atomic mass is 10.1. The topological polar surface area (TPSA) is 126 Å². The summed E-state index contributed by atoms with van der Waals surface area (Å²) >= 11 is 0. The molecule has 2 aromatic carbocycles. The molecule has 1 N–H and O–H groups in total. The van der Waals surface area contributed by atoms with E-state index in [1.54, 1.807) is 23.0 Å². The molecule has 0 aliphatic carbocycles. The minimum atomic E-state index is -0.329. The average molecular weight is 547 g/mol. The summed E-state index contributed by atoms with van der Waals surface area (Å²) in [5, 5.41) is 7.25. The van der Waals surface area contributed by atoms with Gasteiger partial charge in [0, 0.05) is 55.3 Å². The lowest BCUT2D eigenvalue weighted by Gasteiger charge is -2.34. The van der Waals surface area contributed by atoms with E-state index in [0.717, 1.165) is 42.8 Å². The van der Waals surface area contributed by atoms with Crippen molar-refractivity contribution in [2.45, 2.75) is 6.54 Å². The van der Waals surface area contributed by atoms with Gasteiger partial charge in [0.2, 0.25) is 5.95 Å². The number of fused-ring (bicyclic) bond motifs is 4. The van der Waals surface area contributed by atoms with E-state index in [2.05, 4.69) is 54.4 Å². The van der Waals surface area contributed by atoms with Gasteiger partial charge in [-0.2, -0.15) is 14.4 Å². The third-order valence-electron chi connectivity index (χ3n) is 7.44. The summed E-state index contributed by atoms with van der Waals surface area (Å²) in [5.41, 5.74) is 3.78. The number of aromatic nitrogens is 6. The number of hydrogen-bond donors (Lipinski definition) is 1. The lowest BCUT2D eigenvalue weighted by molar-refractivity contribution is 0.313. The predicted octanol–water partition coefficient (Wildman–Crippen LogP) is 3.74. The third kappa shape index (κ3) is 4.43. The second-order valence-electron chi connectivity index (χ2n) is 10.1. The highest BCUT2D eigenvalue weighted by atomic mass is 16.3. The summed E-state index contributed by atoms with van der Waals surface area (Å²) in [6.07, 6.45) is 3.15. The van der Waals surface area contributed by atoms with Gasteiger partial charge < -0.3 is 15.1 Å². The van der Waals surface area contributed by atoms with E-state index < -0.39 is 0 Å². The molecule has 0 saturated carbocycles. The monoisotopic (exact) mass is 546 g/mol. The van der Waals surface area contributed by atoms with E-state index in [0.29, 0.717) is 22.9 Å². The number of hydrogen-bond acceptors (Lipinski definition) is 10. The number of benzene rings is 2. The van der Waals surface area contributed by atoms with Gasteiger partial charge in [-0.05, 0) is 61.1 Å². The van der Waals surface area contributed by atoms with Crippen molar-refractivity contribution in [3.63, 3.8) is 0 Å². The van der Waals surface area contributed by atoms with Crippen LogP contribution in [0.1, 0.15) is 5.56 Å². The number of nitrogens with zero attached hydrogens (tertiary/aromatic N) is 9. The maximum Gasteiger partial charge on any atom is 0.284 e. The van der Waals surface area contributed by atoms with Gasteiger partial charge in [0.25, 0.3) is 5.56 Å². The van der Waals surface area contributed by atoms with E-state index in [9.17, 15) is 9.70 Å². The molecular formula is C29H26N10O2. The van der Waals surface area contributed by atoms with Crippen molar-refractivity contribution >= 4 is 44.9 Å². The lowest BCUT2D eigenvalue weighted by Crippen LogP contribution is -2.44. The van der Waals surface area contributed by atoms with Crippen LogP contribution in [0.3, 0.4) is 0 Å². The Morgan fingerprint density at radius 3 is 2.51 bits per heavy atom. The Labute approximate surface area is 233 Å². The third-order valence-corrected chi connectivity index (χ3v) is 7.44. The van der Waals surface area contributed by atoms with Gasteiger partial charge in [0.1, 0.15) is 11.9 Å². The maximum atomic E-state index is 13.8. The molecule has 0 amide bonds. The van der Waals surface area contributed by atoms with Gasteiger partial charge in [0.15, 0.2) is 17.1 Å². The van der Waals surface area contributed by atoms with Crippen LogP contribution in [0.2, 0.25) is 0 Å². The van der Waals surface area contributed by atoms with Crippen LogP contribution < -0.4 is 15.8 Å².